The van der Waals surface area contributed by atoms with E-state index in [1.54, 1.807) is 18.4 Å². The van der Waals surface area contributed by atoms with E-state index in [-0.39, 0.29) is 0 Å². The quantitative estimate of drug-likeness (QED) is 0.912. The molecule has 2 N–H and O–H groups in total. The number of aromatic nitrogens is 1. The van der Waals surface area contributed by atoms with E-state index in [1.165, 1.54) is 12.8 Å². The number of rotatable bonds is 4. The Morgan fingerprint density at radius 3 is 2.89 bits per heavy atom. The molecular weight excluding hydrogens is 246 g/mol. The number of ether oxygens (including phenoxy) is 1. The molecular formula is C13H23N3OS. The Bertz CT molecular complexity index is 403. The predicted octanol–water partition coefficient (Wildman–Crippen LogP) is 2.37. The first-order valence-electron chi connectivity index (χ1n) is 6.48. The number of nitrogens with two attached hydrogens (primary N) is 1. The summed E-state index contributed by atoms with van der Waals surface area (Å²) in [6.07, 6.45) is 2.54. The summed E-state index contributed by atoms with van der Waals surface area (Å²) >= 11 is 1.72. The standard InChI is InChI=1S/C13H23N3OS/c1-13(2)5-4-6-16(9-13)12-15-10(8-17-3)11(7-14)18-12/h4-9,14H2,1-3H3. The van der Waals surface area contributed by atoms with Crippen LogP contribution in [0.1, 0.15) is 37.3 Å². The van der Waals surface area contributed by atoms with Crippen molar-refractivity contribution in [3.05, 3.63) is 10.6 Å². The average Bonchev–Trinajstić information content (AvgIpc) is 2.71. The Balaban J connectivity index is 2.17. The van der Waals surface area contributed by atoms with Crippen molar-refractivity contribution in [3.8, 4) is 0 Å². The molecule has 0 amide bonds. The molecule has 102 valence electrons. The average molecular weight is 269 g/mol. The van der Waals surface area contributed by atoms with Crippen LogP contribution >= 0.6 is 11.3 Å². The summed E-state index contributed by atoms with van der Waals surface area (Å²) in [6, 6.07) is 0. The lowest BCUT2D eigenvalue weighted by Crippen LogP contribution is -2.40. The normalized spacial score (nSPS) is 19.2. The van der Waals surface area contributed by atoms with Gasteiger partial charge in [-0.15, -0.1) is 11.3 Å². The molecule has 0 saturated carbocycles. The van der Waals surface area contributed by atoms with Crippen molar-refractivity contribution < 1.29 is 4.74 Å². The number of piperidine rings is 1. The smallest absolute Gasteiger partial charge is 0.185 e. The summed E-state index contributed by atoms with van der Waals surface area (Å²) in [5.41, 5.74) is 7.16. The van der Waals surface area contributed by atoms with Gasteiger partial charge in [-0.2, -0.15) is 0 Å². The van der Waals surface area contributed by atoms with E-state index in [4.69, 9.17) is 15.5 Å². The SMILES string of the molecule is COCc1nc(N2CCCC(C)(C)C2)sc1CN. The first kappa shape index (κ1) is 13.8. The zero-order valence-corrected chi connectivity index (χ0v) is 12.3. The minimum atomic E-state index is 0.383. The Morgan fingerprint density at radius 1 is 1.50 bits per heavy atom. The zero-order chi connectivity index (χ0) is 13.2. The van der Waals surface area contributed by atoms with Crippen LogP contribution in [0.25, 0.3) is 0 Å². The second kappa shape index (κ2) is 5.55. The predicted molar refractivity (Wildman–Crippen MR) is 75.9 cm³/mol. The highest BCUT2D eigenvalue weighted by atomic mass is 32.1. The molecule has 1 aliphatic heterocycles. The Kier molecular flexibility index (Phi) is 4.25. The van der Waals surface area contributed by atoms with E-state index in [0.29, 0.717) is 18.6 Å². The number of thiazole rings is 1. The van der Waals surface area contributed by atoms with Crippen LogP contribution in [0.3, 0.4) is 0 Å². The molecule has 18 heavy (non-hydrogen) atoms. The molecule has 1 aromatic rings. The van der Waals surface area contributed by atoms with Crippen LogP contribution in [0.15, 0.2) is 0 Å². The van der Waals surface area contributed by atoms with Gasteiger partial charge in [0.25, 0.3) is 0 Å². The minimum Gasteiger partial charge on any atom is -0.378 e. The van der Waals surface area contributed by atoms with Crippen molar-refractivity contribution in [3.63, 3.8) is 0 Å². The maximum absolute atomic E-state index is 5.77. The first-order valence-corrected chi connectivity index (χ1v) is 7.30. The van der Waals surface area contributed by atoms with Crippen LogP contribution in [-0.2, 0) is 17.9 Å². The van der Waals surface area contributed by atoms with E-state index in [2.05, 4.69) is 18.7 Å². The number of hydrogen-bond acceptors (Lipinski definition) is 5. The molecule has 4 nitrogen and oxygen atoms in total. The van der Waals surface area contributed by atoms with Crippen molar-refractivity contribution in [1.29, 1.82) is 0 Å². The molecule has 5 heteroatoms. The molecule has 2 heterocycles. The summed E-state index contributed by atoms with van der Waals surface area (Å²) in [7, 11) is 1.70. The van der Waals surface area contributed by atoms with Crippen LogP contribution in [0, 0.1) is 5.41 Å². The van der Waals surface area contributed by atoms with Crippen molar-refractivity contribution in [2.75, 3.05) is 25.1 Å². The molecule has 0 bridgehead atoms. The van der Waals surface area contributed by atoms with Crippen molar-refractivity contribution in [2.45, 2.75) is 39.8 Å². The fourth-order valence-corrected chi connectivity index (χ4v) is 3.47. The molecule has 1 aliphatic rings. The van der Waals surface area contributed by atoms with Gasteiger partial charge in [0.2, 0.25) is 0 Å². The minimum absolute atomic E-state index is 0.383. The van der Waals surface area contributed by atoms with Crippen molar-refractivity contribution >= 4 is 16.5 Å². The highest BCUT2D eigenvalue weighted by Gasteiger charge is 2.28. The van der Waals surface area contributed by atoms with E-state index >= 15 is 0 Å². The van der Waals surface area contributed by atoms with Crippen LogP contribution < -0.4 is 10.6 Å². The molecule has 0 radical (unpaired) electrons. The molecule has 1 fully saturated rings. The number of methoxy groups -OCH3 is 1. The van der Waals surface area contributed by atoms with Gasteiger partial charge in [-0.05, 0) is 18.3 Å². The van der Waals surface area contributed by atoms with Crippen molar-refractivity contribution in [2.24, 2.45) is 11.1 Å². The van der Waals surface area contributed by atoms with E-state index in [9.17, 15) is 0 Å². The monoisotopic (exact) mass is 269 g/mol. The molecule has 0 unspecified atom stereocenters. The maximum Gasteiger partial charge on any atom is 0.185 e. The van der Waals surface area contributed by atoms with E-state index < -0.39 is 0 Å². The lowest BCUT2D eigenvalue weighted by Gasteiger charge is -2.37. The maximum atomic E-state index is 5.77. The summed E-state index contributed by atoms with van der Waals surface area (Å²) in [6.45, 7) is 7.94. The molecule has 0 spiro atoms. The third-order valence-corrected chi connectivity index (χ3v) is 4.59. The zero-order valence-electron chi connectivity index (χ0n) is 11.5. The molecule has 1 saturated heterocycles. The van der Waals surface area contributed by atoms with E-state index in [1.807, 2.05) is 0 Å². The second-order valence-corrected chi connectivity index (χ2v) is 6.75. The van der Waals surface area contributed by atoms with Crippen molar-refractivity contribution in [1.82, 2.24) is 4.98 Å². The fraction of sp³-hybridized carbons (Fsp3) is 0.769. The van der Waals surface area contributed by atoms with Crippen LogP contribution in [0.4, 0.5) is 5.13 Å². The first-order chi connectivity index (χ1) is 8.55. The van der Waals surface area contributed by atoms with Crippen LogP contribution in [0.5, 0.6) is 0 Å². The number of hydrogen-bond donors (Lipinski definition) is 1. The van der Waals surface area contributed by atoms with Gasteiger partial charge >= 0.3 is 0 Å². The van der Waals surface area contributed by atoms with Gasteiger partial charge in [0.15, 0.2) is 5.13 Å². The lowest BCUT2D eigenvalue weighted by atomic mass is 9.84. The highest BCUT2D eigenvalue weighted by molar-refractivity contribution is 7.15. The largest absolute Gasteiger partial charge is 0.378 e. The summed E-state index contributed by atoms with van der Waals surface area (Å²) < 4.78 is 5.18. The van der Waals surface area contributed by atoms with Gasteiger partial charge in [0.05, 0.1) is 12.3 Å². The number of nitrogens with zero attached hydrogens (tertiary/aromatic N) is 2. The van der Waals surface area contributed by atoms with Gasteiger partial charge in [0, 0.05) is 31.6 Å². The summed E-state index contributed by atoms with van der Waals surface area (Å²) in [5, 5.41) is 1.11. The lowest BCUT2D eigenvalue weighted by molar-refractivity contribution is 0.181. The second-order valence-electron chi connectivity index (χ2n) is 5.69. The molecule has 0 atom stereocenters. The topological polar surface area (TPSA) is 51.4 Å². The highest BCUT2D eigenvalue weighted by Crippen LogP contribution is 2.34. The number of anilines is 1. The molecule has 2 rings (SSSR count). The Hall–Kier alpha value is -0.650. The van der Waals surface area contributed by atoms with Gasteiger partial charge in [-0.1, -0.05) is 13.8 Å². The van der Waals surface area contributed by atoms with Crippen LogP contribution in [-0.4, -0.2) is 25.2 Å². The van der Waals surface area contributed by atoms with Gasteiger partial charge in [0.1, 0.15) is 0 Å². The fourth-order valence-electron chi connectivity index (χ4n) is 2.50. The Morgan fingerprint density at radius 2 is 2.28 bits per heavy atom. The van der Waals surface area contributed by atoms with Gasteiger partial charge in [-0.25, -0.2) is 4.98 Å². The summed E-state index contributed by atoms with van der Waals surface area (Å²) in [4.78, 5) is 8.24. The molecule has 0 aromatic carbocycles. The third kappa shape index (κ3) is 3.02. The van der Waals surface area contributed by atoms with Gasteiger partial charge < -0.3 is 15.4 Å². The molecule has 0 aliphatic carbocycles. The van der Waals surface area contributed by atoms with Gasteiger partial charge in [-0.3, -0.25) is 0 Å². The van der Waals surface area contributed by atoms with E-state index in [0.717, 1.165) is 28.8 Å². The summed E-state index contributed by atoms with van der Waals surface area (Å²) in [5.74, 6) is 0. The Labute approximate surface area is 113 Å². The third-order valence-electron chi connectivity index (χ3n) is 3.40. The molecule has 1 aromatic heterocycles. The van der Waals surface area contributed by atoms with Crippen LogP contribution in [0.2, 0.25) is 0 Å².